The van der Waals surface area contributed by atoms with Crippen molar-refractivity contribution in [1.82, 2.24) is 0 Å². The van der Waals surface area contributed by atoms with Crippen molar-refractivity contribution in [2.75, 3.05) is 0 Å². The fourth-order valence-electron chi connectivity index (χ4n) is 1.79. The van der Waals surface area contributed by atoms with Crippen molar-refractivity contribution in [3.05, 3.63) is 68.5 Å². The number of nitrogens with zero attached hydrogens (tertiary/aromatic N) is 1. The quantitative estimate of drug-likeness (QED) is 0.453. The summed E-state index contributed by atoms with van der Waals surface area (Å²) in [5.74, 6) is -0.0611. The highest BCUT2D eigenvalue weighted by atomic mass is 35.5. The van der Waals surface area contributed by atoms with Crippen LogP contribution in [0.4, 0.5) is 10.1 Å². The molecule has 0 saturated carbocycles. The van der Waals surface area contributed by atoms with Gasteiger partial charge in [-0.05, 0) is 23.8 Å². The molecule has 0 amide bonds. The third kappa shape index (κ3) is 3.83. The molecular formula is C14H10Cl2FNO3. The molecule has 0 aliphatic carbocycles. The van der Waals surface area contributed by atoms with Gasteiger partial charge >= 0.3 is 0 Å². The molecule has 2 rings (SSSR count). The van der Waals surface area contributed by atoms with Gasteiger partial charge in [0.2, 0.25) is 0 Å². The molecule has 0 N–H and O–H groups in total. The lowest BCUT2D eigenvalue weighted by Crippen LogP contribution is -2.00. The SMILES string of the molecule is O=[N+]([O-])c1cc(F)cc(COc2cccc(Cl)c2CCl)c1. The number of ether oxygens (including phenoxy) is 1. The second-order valence-corrected chi connectivity index (χ2v) is 4.89. The van der Waals surface area contributed by atoms with Crippen LogP contribution in [0.2, 0.25) is 5.02 Å². The summed E-state index contributed by atoms with van der Waals surface area (Å²) < 4.78 is 18.8. The maximum atomic E-state index is 13.3. The molecule has 7 heteroatoms. The second kappa shape index (κ2) is 6.74. The van der Waals surface area contributed by atoms with Gasteiger partial charge in [-0.1, -0.05) is 17.7 Å². The molecule has 0 aliphatic rings. The Balaban J connectivity index is 2.21. The first-order valence-corrected chi connectivity index (χ1v) is 6.82. The highest BCUT2D eigenvalue weighted by molar-refractivity contribution is 6.32. The molecule has 0 aliphatic heterocycles. The Labute approximate surface area is 130 Å². The van der Waals surface area contributed by atoms with Crippen molar-refractivity contribution in [2.24, 2.45) is 0 Å². The van der Waals surface area contributed by atoms with Crippen LogP contribution >= 0.6 is 23.2 Å². The van der Waals surface area contributed by atoms with Gasteiger partial charge in [-0.2, -0.15) is 0 Å². The van der Waals surface area contributed by atoms with Crippen LogP contribution in [0.25, 0.3) is 0 Å². The summed E-state index contributed by atoms with van der Waals surface area (Å²) in [6.45, 7) is -0.0250. The zero-order valence-corrected chi connectivity index (χ0v) is 12.2. The molecule has 0 aromatic heterocycles. The van der Waals surface area contributed by atoms with Crippen LogP contribution in [-0.2, 0) is 12.5 Å². The average molecular weight is 330 g/mol. The Kier molecular flexibility index (Phi) is 4.98. The van der Waals surface area contributed by atoms with Crippen LogP contribution in [-0.4, -0.2) is 4.92 Å². The molecule has 0 spiro atoms. The van der Waals surface area contributed by atoms with E-state index in [0.29, 0.717) is 21.9 Å². The number of alkyl halides is 1. The summed E-state index contributed by atoms with van der Waals surface area (Å²) >= 11 is 11.8. The third-order valence-corrected chi connectivity index (χ3v) is 3.38. The molecule has 0 bridgehead atoms. The van der Waals surface area contributed by atoms with Gasteiger partial charge in [-0.15, -0.1) is 11.6 Å². The summed E-state index contributed by atoms with van der Waals surface area (Å²) in [7, 11) is 0. The van der Waals surface area contributed by atoms with Crippen molar-refractivity contribution in [2.45, 2.75) is 12.5 Å². The number of benzene rings is 2. The molecule has 0 saturated heterocycles. The molecular weight excluding hydrogens is 320 g/mol. The van der Waals surface area contributed by atoms with E-state index in [1.807, 2.05) is 0 Å². The van der Waals surface area contributed by atoms with Gasteiger partial charge in [-0.3, -0.25) is 10.1 Å². The predicted octanol–water partition coefficient (Wildman–Crippen LogP) is 4.71. The number of non-ortho nitro benzene ring substituents is 1. The van der Waals surface area contributed by atoms with Crippen LogP contribution in [0.3, 0.4) is 0 Å². The number of nitro groups is 1. The van der Waals surface area contributed by atoms with E-state index in [2.05, 4.69) is 0 Å². The summed E-state index contributed by atoms with van der Waals surface area (Å²) in [6, 6.07) is 8.34. The first-order valence-electron chi connectivity index (χ1n) is 5.91. The fraction of sp³-hybridized carbons (Fsp3) is 0.143. The maximum Gasteiger partial charge on any atom is 0.272 e. The van der Waals surface area contributed by atoms with E-state index in [1.165, 1.54) is 12.1 Å². The van der Waals surface area contributed by atoms with E-state index in [4.69, 9.17) is 27.9 Å². The van der Waals surface area contributed by atoms with Crippen molar-refractivity contribution in [1.29, 1.82) is 0 Å². The van der Waals surface area contributed by atoms with E-state index >= 15 is 0 Å². The molecule has 2 aromatic carbocycles. The van der Waals surface area contributed by atoms with Crippen LogP contribution in [0.5, 0.6) is 5.75 Å². The Morgan fingerprint density at radius 1 is 1.29 bits per heavy atom. The molecule has 110 valence electrons. The zero-order valence-electron chi connectivity index (χ0n) is 10.7. The lowest BCUT2D eigenvalue weighted by atomic mass is 10.2. The minimum absolute atomic E-state index is 0.0250. The normalized spacial score (nSPS) is 10.4. The van der Waals surface area contributed by atoms with Crippen molar-refractivity contribution < 1.29 is 14.1 Å². The number of halogens is 3. The highest BCUT2D eigenvalue weighted by Gasteiger charge is 2.12. The van der Waals surface area contributed by atoms with Gasteiger partial charge in [0.05, 0.1) is 16.9 Å². The lowest BCUT2D eigenvalue weighted by molar-refractivity contribution is -0.385. The van der Waals surface area contributed by atoms with Gasteiger partial charge in [0, 0.05) is 16.7 Å². The Morgan fingerprint density at radius 2 is 2.05 bits per heavy atom. The number of nitro benzene ring substituents is 1. The molecule has 0 fully saturated rings. The topological polar surface area (TPSA) is 52.4 Å². The van der Waals surface area contributed by atoms with Gasteiger partial charge in [0.25, 0.3) is 5.69 Å². The maximum absolute atomic E-state index is 13.3. The zero-order chi connectivity index (χ0) is 15.4. The van der Waals surface area contributed by atoms with E-state index in [-0.39, 0.29) is 18.2 Å². The van der Waals surface area contributed by atoms with Crippen LogP contribution in [0, 0.1) is 15.9 Å². The Morgan fingerprint density at radius 3 is 2.71 bits per heavy atom. The van der Waals surface area contributed by atoms with Crippen LogP contribution in [0.15, 0.2) is 36.4 Å². The molecule has 0 atom stereocenters. The van der Waals surface area contributed by atoms with E-state index < -0.39 is 10.7 Å². The first kappa shape index (κ1) is 15.5. The van der Waals surface area contributed by atoms with E-state index in [0.717, 1.165) is 6.07 Å². The number of hydrogen-bond acceptors (Lipinski definition) is 3. The van der Waals surface area contributed by atoms with Gasteiger partial charge in [-0.25, -0.2) is 4.39 Å². The Hall–Kier alpha value is -1.85. The Bertz CT molecular complexity index is 679. The molecule has 2 aromatic rings. The van der Waals surface area contributed by atoms with Crippen LogP contribution < -0.4 is 4.74 Å². The van der Waals surface area contributed by atoms with E-state index in [9.17, 15) is 14.5 Å². The number of hydrogen-bond donors (Lipinski definition) is 0. The first-order chi connectivity index (χ1) is 10.0. The minimum atomic E-state index is -0.688. The third-order valence-electron chi connectivity index (χ3n) is 2.76. The highest BCUT2D eigenvalue weighted by Crippen LogP contribution is 2.29. The summed E-state index contributed by atoms with van der Waals surface area (Å²) in [4.78, 5) is 10.0. The average Bonchev–Trinajstić information content (AvgIpc) is 2.44. The van der Waals surface area contributed by atoms with Crippen LogP contribution in [0.1, 0.15) is 11.1 Å². The van der Waals surface area contributed by atoms with E-state index in [1.54, 1.807) is 18.2 Å². The molecule has 21 heavy (non-hydrogen) atoms. The molecule has 0 unspecified atom stereocenters. The van der Waals surface area contributed by atoms with Gasteiger partial charge in [0.1, 0.15) is 18.2 Å². The molecule has 4 nitrogen and oxygen atoms in total. The largest absolute Gasteiger partial charge is 0.489 e. The van der Waals surface area contributed by atoms with Crippen molar-refractivity contribution in [3.8, 4) is 5.75 Å². The lowest BCUT2D eigenvalue weighted by Gasteiger charge is -2.11. The number of rotatable bonds is 5. The van der Waals surface area contributed by atoms with Crippen molar-refractivity contribution in [3.63, 3.8) is 0 Å². The molecule has 0 radical (unpaired) electrons. The summed E-state index contributed by atoms with van der Waals surface area (Å²) in [5, 5.41) is 11.2. The second-order valence-electron chi connectivity index (χ2n) is 4.21. The van der Waals surface area contributed by atoms with Crippen molar-refractivity contribution >= 4 is 28.9 Å². The van der Waals surface area contributed by atoms with Gasteiger partial charge in [0.15, 0.2) is 0 Å². The fourth-order valence-corrected chi connectivity index (χ4v) is 2.36. The standard InChI is InChI=1S/C14H10Cl2FNO3/c15-7-12-13(16)2-1-3-14(12)21-8-9-4-10(17)6-11(5-9)18(19)20/h1-6H,7-8H2. The summed E-state index contributed by atoms with van der Waals surface area (Å²) in [6.07, 6.45) is 0. The summed E-state index contributed by atoms with van der Waals surface area (Å²) in [5.41, 5.74) is 0.645. The monoisotopic (exact) mass is 329 g/mol. The smallest absolute Gasteiger partial charge is 0.272 e. The van der Waals surface area contributed by atoms with Gasteiger partial charge < -0.3 is 4.74 Å². The predicted molar refractivity (Wildman–Crippen MR) is 78.4 cm³/mol. The minimum Gasteiger partial charge on any atom is -0.489 e. The molecule has 0 heterocycles.